The Bertz CT molecular complexity index is 918. The summed E-state index contributed by atoms with van der Waals surface area (Å²) in [6.07, 6.45) is 2.29. The van der Waals surface area contributed by atoms with Crippen LogP contribution in [0.5, 0.6) is 0 Å². The van der Waals surface area contributed by atoms with Crippen LogP contribution in [0.25, 0.3) is 0 Å². The lowest BCUT2D eigenvalue weighted by Crippen LogP contribution is -2.44. The number of piperidine rings is 1. The zero-order valence-corrected chi connectivity index (χ0v) is 17.8. The van der Waals surface area contributed by atoms with E-state index in [0.29, 0.717) is 36.6 Å². The zero-order valence-electron chi connectivity index (χ0n) is 16.2. The van der Waals surface area contributed by atoms with Gasteiger partial charge in [0.25, 0.3) is 5.91 Å². The average molecular weight is 418 g/mol. The number of likely N-dealkylation sites (tertiary alicyclic amines) is 2. The monoisotopic (exact) mass is 417 g/mol. The molecule has 2 aliphatic rings. The van der Waals surface area contributed by atoms with Crippen LogP contribution in [0.4, 0.5) is 0 Å². The predicted molar refractivity (Wildman–Crippen MR) is 111 cm³/mol. The maximum atomic E-state index is 12.9. The molecule has 0 radical (unpaired) electrons. The van der Waals surface area contributed by atoms with E-state index in [2.05, 4.69) is 4.98 Å². The molecule has 7 heteroatoms. The normalized spacial score (nSPS) is 18.9. The lowest BCUT2D eigenvalue weighted by Gasteiger charge is -2.39. The molecule has 1 aromatic heterocycles. The van der Waals surface area contributed by atoms with E-state index in [0.717, 1.165) is 35.7 Å². The van der Waals surface area contributed by atoms with Crippen molar-refractivity contribution in [3.05, 3.63) is 50.4 Å². The van der Waals surface area contributed by atoms with Crippen molar-refractivity contribution >= 4 is 34.8 Å². The highest BCUT2D eigenvalue weighted by Crippen LogP contribution is 2.42. The third-order valence-electron chi connectivity index (χ3n) is 6.03. The van der Waals surface area contributed by atoms with Crippen molar-refractivity contribution in [2.24, 2.45) is 5.41 Å². The fourth-order valence-electron chi connectivity index (χ4n) is 4.33. The first-order valence-electron chi connectivity index (χ1n) is 9.60. The number of aryl methyl sites for hydroxylation is 1. The van der Waals surface area contributed by atoms with E-state index in [1.54, 1.807) is 17.4 Å². The molecular weight excluding hydrogens is 394 g/mol. The summed E-state index contributed by atoms with van der Waals surface area (Å²) < 4.78 is 0. The minimum atomic E-state index is -0.0116. The van der Waals surface area contributed by atoms with Crippen LogP contribution in [0.1, 0.15) is 45.9 Å². The van der Waals surface area contributed by atoms with Crippen LogP contribution in [0, 0.1) is 19.3 Å². The Morgan fingerprint density at radius 2 is 2.04 bits per heavy atom. The quantitative estimate of drug-likeness (QED) is 0.756. The maximum absolute atomic E-state index is 12.9. The van der Waals surface area contributed by atoms with Gasteiger partial charge < -0.3 is 9.80 Å². The number of thiazole rings is 1. The van der Waals surface area contributed by atoms with Gasteiger partial charge in [-0.1, -0.05) is 17.7 Å². The molecule has 28 heavy (non-hydrogen) atoms. The number of aromatic nitrogens is 1. The van der Waals surface area contributed by atoms with Gasteiger partial charge in [0.15, 0.2) is 0 Å². The van der Waals surface area contributed by atoms with Crippen LogP contribution in [-0.2, 0) is 11.3 Å². The van der Waals surface area contributed by atoms with E-state index < -0.39 is 0 Å². The van der Waals surface area contributed by atoms with Gasteiger partial charge in [-0.05, 0) is 44.4 Å². The summed E-state index contributed by atoms with van der Waals surface area (Å²) in [7, 11) is 0. The average Bonchev–Trinajstić information content (AvgIpc) is 3.21. The molecule has 2 amide bonds. The van der Waals surface area contributed by atoms with Crippen molar-refractivity contribution in [2.75, 3.05) is 19.6 Å². The smallest absolute Gasteiger partial charge is 0.254 e. The Morgan fingerprint density at radius 1 is 1.29 bits per heavy atom. The number of rotatable bonds is 3. The van der Waals surface area contributed by atoms with Crippen molar-refractivity contribution in [1.29, 1.82) is 0 Å². The molecule has 0 aliphatic carbocycles. The third-order valence-corrected chi connectivity index (χ3v) is 7.27. The van der Waals surface area contributed by atoms with Gasteiger partial charge in [-0.25, -0.2) is 4.98 Å². The number of hydrogen-bond donors (Lipinski definition) is 0. The second kappa shape index (κ2) is 7.48. The molecule has 2 saturated heterocycles. The number of carbonyl (C=O) groups is 2. The molecule has 0 atom stereocenters. The van der Waals surface area contributed by atoms with Gasteiger partial charge in [-0.2, -0.15) is 0 Å². The summed E-state index contributed by atoms with van der Waals surface area (Å²) in [6.45, 7) is 6.59. The number of halogens is 1. The second-order valence-corrected chi connectivity index (χ2v) is 9.46. The number of hydrogen-bond acceptors (Lipinski definition) is 4. The van der Waals surface area contributed by atoms with E-state index in [1.807, 2.05) is 41.2 Å². The van der Waals surface area contributed by atoms with Gasteiger partial charge in [0.05, 0.1) is 17.2 Å². The predicted octanol–water partition coefficient (Wildman–Crippen LogP) is 4.07. The molecular formula is C21H24ClN3O2S. The first-order valence-corrected chi connectivity index (χ1v) is 10.9. The van der Waals surface area contributed by atoms with Crippen molar-refractivity contribution < 1.29 is 9.59 Å². The minimum Gasteiger partial charge on any atom is -0.339 e. The topological polar surface area (TPSA) is 53.5 Å². The zero-order chi connectivity index (χ0) is 19.9. The van der Waals surface area contributed by atoms with Crippen molar-refractivity contribution in [3.8, 4) is 0 Å². The van der Waals surface area contributed by atoms with Crippen LogP contribution in [-0.4, -0.2) is 46.2 Å². The fraction of sp³-hybridized carbons (Fsp3) is 0.476. The molecule has 2 aromatic rings. The van der Waals surface area contributed by atoms with Crippen molar-refractivity contribution in [1.82, 2.24) is 14.8 Å². The lowest BCUT2D eigenvalue weighted by molar-refractivity contribution is -0.128. The highest BCUT2D eigenvalue weighted by Gasteiger charge is 2.45. The first kappa shape index (κ1) is 19.4. The van der Waals surface area contributed by atoms with E-state index >= 15 is 0 Å². The fourth-order valence-corrected chi connectivity index (χ4v) is 5.11. The summed E-state index contributed by atoms with van der Waals surface area (Å²) in [5.41, 5.74) is 2.46. The van der Waals surface area contributed by atoms with Gasteiger partial charge in [0.1, 0.15) is 0 Å². The molecule has 2 fully saturated rings. The largest absolute Gasteiger partial charge is 0.339 e. The lowest BCUT2D eigenvalue weighted by atomic mass is 9.77. The molecule has 5 nitrogen and oxygen atoms in total. The first-order chi connectivity index (χ1) is 13.4. The van der Waals surface area contributed by atoms with Gasteiger partial charge in [0.2, 0.25) is 5.91 Å². The molecule has 1 spiro atoms. The van der Waals surface area contributed by atoms with Gasteiger partial charge in [-0.3, -0.25) is 9.59 Å². The van der Waals surface area contributed by atoms with Crippen LogP contribution in [0.3, 0.4) is 0 Å². The van der Waals surface area contributed by atoms with E-state index in [-0.39, 0.29) is 17.2 Å². The summed E-state index contributed by atoms with van der Waals surface area (Å²) >= 11 is 7.79. The summed E-state index contributed by atoms with van der Waals surface area (Å²) in [6, 6.07) is 5.47. The standard InChI is InChI=1S/C21H24ClN3O2S/c1-14-17(4-3-5-18(14)22)20(27)24-8-6-21(7-9-24)10-19(26)25(13-21)11-16-12-28-15(2)23-16/h3-5,12H,6-11,13H2,1-2H3. The highest BCUT2D eigenvalue weighted by atomic mass is 35.5. The molecule has 148 valence electrons. The molecule has 0 N–H and O–H groups in total. The Morgan fingerprint density at radius 3 is 2.71 bits per heavy atom. The maximum Gasteiger partial charge on any atom is 0.254 e. The Kier molecular flexibility index (Phi) is 5.19. The van der Waals surface area contributed by atoms with E-state index in [4.69, 9.17) is 11.6 Å². The van der Waals surface area contributed by atoms with Crippen molar-refractivity contribution in [2.45, 2.75) is 39.7 Å². The molecule has 0 unspecified atom stereocenters. The van der Waals surface area contributed by atoms with Gasteiger partial charge >= 0.3 is 0 Å². The molecule has 0 bridgehead atoms. The Hall–Kier alpha value is -1.92. The number of nitrogens with zero attached hydrogens (tertiary/aromatic N) is 3. The Labute approximate surface area is 174 Å². The number of amides is 2. The highest BCUT2D eigenvalue weighted by molar-refractivity contribution is 7.09. The summed E-state index contributed by atoms with van der Waals surface area (Å²) in [5.74, 6) is 0.241. The van der Waals surface area contributed by atoms with Crippen LogP contribution in [0.2, 0.25) is 5.02 Å². The third kappa shape index (κ3) is 3.67. The Balaban J connectivity index is 1.40. The van der Waals surface area contributed by atoms with Crippen LogP contribution < -0.4 is 0 Å². The SMILES string of the molecule is Cc1nc(CN2CC3(CCN(C(=O)c4cccc(Cl)c4C)CC3)CC2=O)cs1. The summed E-state index contributed by atoms with van der Waals surface area (Å²) in [5, 5.41) is 3.68. The van der Waals surface area contributed by atoms with Gasteiger partial charge in [0, 0.05) is 47.4 Å². The van der Waals surface area contributed by atoms with Crippen LogP contribution >= 0.6 is 22.9 Å². The summed E-state index contributed by atoms with van der Waals surface area (Å²) in [4.78, 5) is 33.8. The van der Waals surface area contributed by atoms with Crippen LogP contribution in [0.15, 0.2) is 23.6 Å². The van der Waals surface area contributed by atoms with Gasteiger partial charge in [-0.15, -0.1) is 11.3 Å². The minimum absolute atomic E-state index is 0.0116. The van der Waals surface area contributed by atoms with Crippen molar-refractivity contribution in [3.63, 3.8) is 0 Å². The number of benzene rings is 1. The molecule has 0 saturated carbocycles. The molecule has 4 rings (SSSR count). The van der Waals surface area contributed by atoms with E-state index in [9.17, 15) is 9.59 Å². The van der Waals surface area contributed by atoms with E-state index in [1.165, 1.54) is 0 Å². The molecule has 2 aliphatic heterocycles. The number of carbonyl (C=O) groups excluding carboxylic acids is 2. The second-order valence-electron chi connectivity index (χ2n) is 7.99. The molecule has 3 heterocycles. The molecule has 1 aromatic carbocycles.